The standard InChI is InChI=1S/C8H11NO3.C6H15N/c1-8(2,3)6-4-5(7(10)11)9-12-6;1-4-7(5-2)6-3/h4H,1-3H3,(H,10,11);4-6H2,1-3H3. The Bertz CT molecular complexity index is 371. The average Bonchev–Trinajstić information content (AvgIpc) is 2.81. The van der Waals surface area contributed by atoms with Gasteiger partial charge in [-0.1, -0.05) is 46.7 Å². The third-order valence-corrected chi connectivity index (χ3v) is 2.81. The molecule has 5 nitrogen and oxygen atoms in total. The van der Waals surface area contributed by atoms with E-state index in [-0.39, 0.29) is 11.1 Å². The molecule has 0 saturated heterocycles. The van der Waals surface area contributed by atoms with Crippen LogP contribution < -0.4 is 0 Å². The third kappa shape index (κ3) is 6.38. The summed E-state index contributed by atoms with van der Waals surface area (Å²) < 4.78 is 4.86. The van der Waals surface area contributed by atoms with Crippen LogP contribution in [-0.2, 0) is 5.41 Å². The maximum absolute atomic E-state index is 10.4. The molecule has 1 heterocycles. The number of carbonyl (C=O) groups is 1. The van der Waals surface area contributed by atoms with Crippen molar-refractivity contribution in [2.24, 2.45) is 0 Å². The zero-order valence-corrected chi connectivity index (χ0v) is 12.9. The molecule has 0 spiro atoms. The van der Waals surface area contributed by atoms with Crippen LogP contribution in [0.4, 0.5) is 0 Å². The molecule has 1 N–H and O–H groups in total. The zero-order chi connectivity index (χ0) is 15.1. The molecule has 0 unspecified atom stereocenters. The Kier molecular flexibility index (Phi) is 7.37. The first kappa shape index (κ1) is 17.6. The summed E-state index contributed by atoms with van der Waals surface area (Å²) in [4.78, 5) is 12.8. The van der Waals surface area contributed by atoms with Crippen molar-refractivity contribution >= 4 is 5.97 Å². The van der Waals surface area contributed by atoms with E-state index in [0.717, 1.165) is 0 Å². The van der Waals surface area contributed by atoms with Crippen LogP contribution in [0.15, 0.2) is 10.6 Å². The predicted molar refractivity (Wildman–Crippen MR) is 75.6 cm³/mol. The Morgan fingerprint density at radius 2 is 1.74 bits per heavy atom. The number of hydrogen-bond donors (Lipinski definition) is 1. The molecule has 19 heavy (non-hydrogen) atoms. The Morgan fingerprint density at radius 1 is 1.26 bits per heavy atom. The smallest absolute Gasteiger partial charge is 0.358 e. The summed E-state index contributed by atoms with van der Waals surface area (Å²) in [6.07, 6.45) is 0. The maximum Gasteiger partial charge on any atom is 0.358 e. The van der Waals surface area contributed by atoms with Crippen LogP contribution in [0.3, 0.4) is 0 Å². The number of nitrogens with zero attached hydrogens (tertiary/aromatic N) is 2. The van der Waals surface area contributed by atoms with Crippen LogP contribution in [0.2, 0.25) is 0 Å². The second-order valence-corrected chi connectivity index (χ2v) is 5.25. The summed E-state index contributed by atoms with van der Waals surface area (Å²) in [5, 5.41) is 11.9. The number of rotatable bonds is 4. The molecule has 5 heteroatoms. The van der Waals surface area contributed by atoms with Crippen LogP contribution in [0.1, 0.15) is 57.8 Å². The van der Waals surface area contributed by atoms with Gasteiger partial charge in [0, 0.05) is 11.5 Å². The van der Waals surface area contributed by atoms with Crippen molar-refractivity contribution in [2.75, 3.05) is 19.6 Å². The second-order valence-electron chi connectivity index (χ2n) is 5.25. The fourth-order valence-corrected chi connectivity index (χ4v) is 1.40. The van der Waals surface area contributed by atoms with Gasteiger partial charge in [0.25, 0.3) is 0 Å². The Morgan fingerprint density at radius 3 is 1.89 bits per heavy atom. The first-order valence-electron chi connectivity index (χ1n) is 6.69. The van der Waals surface area contributed by atoms with Gasteiger partial charge in [-0.05, 0) is 19.6 Å². The highest BCUT2D eigenvalue weighted by Gasteiger charge is 2.21. The first-order valence-corrected chi connectivity index (χ1v) is 6.69. The molecule has 0 bridgehead atoms. The van der Waals surface area contributed by atoms with E-state index in [1.165, 1.54) is 25.7 Å². The minimum Gasteiger partial charge on any atom is -0.476 e. The lowest BCUT2D eigenvalue weighted by Crippen LogP contribution is -2.21. The lowest BCUT2D eigenvalue weighted by molar-refractivity contribution is 0.0685. The van der Waals surface area contributed by atoms with Crippen molar-refractivity contribution in [1.29, 1.82) is 0 Å². The lowest BCUT2D eigenvalue weighted by Gasteiger charge is -2.13. The maximum atomic E-state index is 10.4. The number of aromatic nitrogens is 1. The largest absolute Gasteiger partial charge is 0.476 e. The molecular weight excluding hydrogens is 244 g/mol. The highest BCUT2D eigenvalue weighted by Crippen LogP contribution is 2.22. The predicted octanol–water partition coefficient (Wildman–Crippen LogP) is 3.02. The number of carboxylic acids is 1. The van der Waals surface area contributed by atoms with Gasteiger partial charge in [0.2, 0.25) is 0 Å². The normalized spacial score (nSPS) is 11.1. The van der Waals surface area contributed by atoms with Gasteiger partial charge in [-0.2, -0.15) is 0 Å². The van der Waals surface area contributed by atoms with E-state index in [4.69, 9.17) is 9.63 Å². The molecule has 0 aliphatic rings. The Hall–Kier alpha value is -1.36. The Balaban J connectivity index is 0.000000399. The molecule has 110 valence electrons. The van der Waals surface area contributed by atoms with E-state index < -0.39 is 5.97 Å². The summed E-state index contributed by atoms with van der Waals surface area (Å²) in [7, 11) is 0. The molecule has 0 radical (unpaired) electrons. The molecule has 1 aromatic heterocycles. The summed E-state index contributed by atoms with van der Waals surface area (Å²) in [6.45, 7) is 15.9. The van der Waals surface area contributed by atoms with E-state index in [9.17, 15) is 4.79 Å². The van der Waals surface area contributed by atoms with Crippen molar-refractivity contribution in [2.45, 2.75) is 47.0 Å². The van der Waals surface area contributed by atoms with Crippen LogP contribution >= 0.6 is 0 Å². The topological polar surface area (TPSA) is 66.6 Å². The van der Waals surface area contributed by atoms with Crippen molar-refractivity contribution in [3.8, 4) is 0 Å². The first-order chi connectivity index (χ1) is 8.76. The summed E-state index contributed by atoms with van der Waals surface area (Å²) in [5.74, 6) is -0.478. The minimum absolute atomic E-state index is 0.0417. The van der Waals surface area contributed by atoms with Crippen molar-refractivity contribution in [3.63, 3.8) is 0 Å². The highest BCUT2D eigenvalue weighted by molar-refractivity contribution is 5.85. The summed E-state index contributed by atoms with van der Waals surface area (Å²) >= 11 is 0. The van der Waals surface area contributed by atoms with E-state index in [0.29, 0.717) is 5.76 Å². The number of carboxylic acid groups (broad SMARTS) is 1. The van der Waals surface area contributed by atoms with Gasteiger partial charge in [0.1, 0.15) is 5.76 Å². The van der Waals surface area contributed by atoms with E-state index >= 15 is 0 Å². The average molecular weight is 270 g/mol. The van der Waals surface area contributed by atoms with Crippen LogP contribution in [0, 0.1) is 0 Å². The van der Waals surface area contributed by atoms with E-state index in [1.54, 1.807) is 0 Å². The van der Waals surface area contributed by atoms with Gasteiger partial charge in [-0.25, -0.2) is 4.79 Å². The molecular formula is C14H26N2O3. The van der Waals surface area contributed by atoms with Crippen LogP contribution in [-0.4, -0.2) is 40.8 Å². The van der Waals surface area contributed by atoms with Gasteiger partial charge in [-0.3, -0.25) is 0 Å². The summed E-state index contributed by atoms with van der Waals surface area (Å²) in [5.41, 5.74) is -0.235. The molecule has 1 aromatic rings. The van der Waals surface area contributed by atoms with Gasteiger partial charge >= 0.3 is 5.97 Å². The molecule has 0 aliphatic heterocycles. The number of aromatic carboxylic acids is 1. The molecule has 0 fully saturated rings. The zero-order valence-electron chi connectivity index (χ0n) is 12.9. The number of hydrogen-bond acceptors (Lipinski definition) is 4. The van der Waals surface area contributed by atoms with E-state index in [1.807, 2.05) is 20.8 Å². The molecule has 0 aliphatic carbocycles. The van der Waals surface area contributed by atoms with Crippen LogP contribution in [0.5, 0.6) is 0 Å². The molecule has 0 aromatic carbocycles. The molecule has 0 atom stereocenters. The molecule has 1 rings (SSSR count). The summed E-state index contributed by atoms with van der Waals surface area (Å²) in [6, 6.07) is 1.45. The minimum atomic E-state index is -1.06. The van der Waals surface area contributed by atoms with Gasteiger partial charge in [0.15, 0.2) is 5.69 Å². The van der Waals surface area contributed by atoms with Crippen molar-refractivity contribution in [1.82, 2.24) is 10.1 Å². The molecule has 0 saturated carbocycles. The van der Waals surface area contributed by atoms with Crippen molar-refractivity contribution in [3.05, 3.63) is 17.5 Å². The van der Waals surface area contributed by atoms with Gasteiger partial charge < -0.3 is 14.5 Å². The van der Waals surface area contributed by atoms with Gasteiger partial charge in [0.05, 0.1) is 0 Å². The fourth-order valence-electron chi connectivity index (χ4n) is 1.40. The second kappa shape index (κ2) is 7.94. The van der Waals surface area contributed by atoms with E-state index in [2.05, 4.69) is 30.8 Å². The van der Waals surface area contributed by atoms with Gasteiger partial charge in [-0.15, -0.1) is 0 Å². The van der Waals surface area contributed by atoms with Crippen molar-refractivity contribution < 1.29 is 14.4 Å². The fraction of sp³-hybridized carbons (Fsp3) is 0.714. The quantitative estimate of drug-likeness (QED) is 0.911. The third-order valence-electron chi connectivity index (χ3n) is 2.81. The SMILES string of the molecule is CC(C)(C)c1cc(C(=O)O)no1.CCN(CC)CC. The Labute approximate surface area is 115 Å². The monoisotopic (exact) mass is 270 g/mol. The highest BCUT2D eigenvalue weighted by atomic mass is 16.5. The lowest BCUT2D eigenvalue weighted by atomic mass is 9.93. The molecule has 0 amide bonds. The van der Waals surface area contributed by atoms with Crippen LogP contribution in [0.25, 0.3) is 0 Å².